The molecule has 6 heteroatoms. The first-order valence-corrected chi connectivity index (χ1v) is 10.6. The minimum Gasteiger partial charge on any atom is -0.478 e. The number of anilines is 1. The molecular weight excluding hydrogens is 386 g/mol. The van der Waals surface area contributed by atoms with Crippen molar-refractivity contribution in [1.82, 2.24) is 0 Å². The van der Waals surface area contributed by atoms with Crippen LogP contribution in [0.15, 0.2) is 84.3 Å². The molecule has 0 saturated heterocycles. The number of nitrogens with one attached hydrogen (secondary N) is 1. The Kier molecular flexibility index (Phi) is 6.46. The quantitative estimate of drug-likeness (QED) is 0.572. The molecule has 0 aromatic heterocycles. The van der Waals surface area contributed by atoms with Crippen molar-refractivity contribution < 1.29 is 18.3 Å². The maximum Gasteiger partial charge on any atom is 0.337 e. The molecule has 0 amide bonds. The van der Waals surface area contributed by atoms with E-state index < -0.39 is 16.0 Å². The van der Waals surface area contributed by atoms with E-state index in [9.17, 15) is 18.3 Å². The van der Waals surface area contributed by atoms with Crippen molar-refractivity contribution in [3.63, 3.8) is 0 Å². The lowest BCUT2D eigenvalue weighted by Gasteiger charge is -2.11. The van der Waals surface area contributed by atoms with E-state index in [-0.39, 0.29) is 11.3 Å². The molecule has 0 radical (unpaired) electrons. The number of aromatic carboxylic acids is 1. The number of benzene rings is 3. The zero-order valence-corrected chi connectivity index (χ0v) is 16.5. The summed E-state index contributed by atoms with van der Waals surface area (Å²) in [4.78, 5) is 11.5. The van der Waals surface area contributed by atoms with Crippen LogP contribution in [-0.2, 0) is 22.9 Å². The molecule has 0 heterocycles. The maximum absolute atomic E-state index is 12.4. The minimum atomic E-state index is -3.87. The van der Waals surface area contributed by atoms with Crippen LogP contribution in [0.5, 0.6) is 0 Å². The number of hydrogen-bond acceptors (Lipinski definition) is 3. The summed E-state index contributed by atoms with van der Waals surface area (Å²) in [7, 11) is -3.87. The van der Waals surface area contributed by atoms with E-state index in [4.69, 9.17) is 0 Å². The fourth-order valence-corrected chi connectivity index (χ4v) is 3.75. The second-order valence-corrected chi connectivity index (χ2v) is 8.10. The largest absolute Gasteiger partial charge is 0.478 e. The molecule has 0 aliphatic rings. The Morgan fingerprint density at radius 3 is 2.14 bits per heavy atom. The summed E-state index contributed by atoms with van der Waals surface area (Å²) in [6, 6.07) is 23.6. The summed E-state index contributed by atoms with van der Waals surface area (Å²) in [6.07, 6.45) is 2.90. The highest BCUT2D eigenvalue weighted by Gasteiger charge is 2.15. The van der Waals surface area contributed by atoms with Gasteiger partial charge in [-0.25, -0.2) is 13.2 Å². The van der Waals surface area contributed by atoms with Crippen molar-refractivity contribution in [2.24, 2.45) is 0 Å². The molecule has 5 nitrogen and oxygen atoms in total. The van der Waals surface area contributed by atoms with Gasteiger partial charge >= 0.3 is 5.97 Å². The molecular formula is C23H21NO4S. The van der Waals surface area contributed by atoms with Gasteiger partial charge in [-0.15, -0.1) is 0 Å². The van der Waals surface area contributed by atoms with Crippen molar-refractivity contribution in [3.8, 4) is 0 Å². The number of carbonyl (C=O) groups is 1. The van der Waals surface area contributed by atoms with Crippen LogP contribution in [0.2, 0.25) is 0 Å². The predicted octanol–water partition coefficient (Wildman–Crippen LogP) is 4.58. The molecule has 0 atom stereocenters. The standard InChI is InChI=1S/C23H21NO4S/c25-23(26)21-14-13-20(12-11-18-7-3-1-4-8-18)17-22(21)24-29(27,28)16-15-19-9-5-2-6-10-19/h1-10,13-17,24H,11-12H2,(H,25,26)/b16-15+. The fraction of sp³-hybridized carbons (Fsp3) is 0.0870. The van der Waals surface area contributed by atoms with Crippen molar-refractivity contribution in [2.75, 3.05) is 4.72 Å². The van der Waals surface area contributed by atoms with Gasteiger partial charge in [0.15, 0.2) is 0 Å². The van der Waals surface area contributed by atoms with Gasteiger partial charge in [0, 0.05) is 0 Å². The van der Waals surface area contributed by atoms with E-state index in [0.717, 1.165) is 28.5 Å². The summed E-state index contributed by atoms with van der Waals surface area (Å²) < 4.78 is 27.3. The topological polar surface area (TPSA) is 83.5 Å². The van der Waals surface area contributed by atoms with E-state index >= 15 is 0 Å². The van der Waals surface area contributed by atoms with Crippen LogP contribution >= 0.6 is 0 Å². The molecule has 29 heavy (non-hydrogen) atoms. The first kappa shape index (κ1) is 20.4. The third-order valence-electron chi connectivity index (χ3n) is 4.35. The van der Waals surface area contributed by atoms with E-state index in [1.807, 2.05) is 36.4 Å². The minimum absolute atomic E-state index is 0.0563. The molecule has 0 aliphatic heterocycles. The van der Waals surface area contributed by atoms with Gasteiger partial charge in [-0.1, -0.05) is 66.7 Å². The molecule has 3 aromatic carbocycles. The molecule has 2 N–H and O–H groups in total. The van der Waals surface area contributed by atoms with Gasteiger partial charge in [-0.3, -0.25) is 4.72 Å². The highest BCUT2D eigenvalue weighted by Crippen LogP contribution is 2.21. The number of carboxylic acid groups (broad SMARTS) is 1. The lowest BCUT2D eigenvalue weighted by atomic mass is 10.0. The Morgan fingerprint density at radius 1 is 0.862 bits per heavy atom. The predicted molar refractivity (Wildman–Crippen MR) is 115 cm³/mol. The lowest BCUT2D eigenvalue weighted by Crippen LogP contribution is -2.13. The highest BCUT2D eigenvalue weighted by molar-refractivity contribution is 7.95. The van der Waals surface area contributed by atoms with Crippen LogP contribution in [0.4, 0.5) is 5.69 Å². The number of carboxylic acids is 1. The normalized spacial score (nSPS) is 11.4. The summed E-state index contributed by atoms with van der Waals surface area (Å²) in [5.41, 5.74) is 2.70. The van der Waals surface area contributed by atoms with Gasteiger partial charge in [0.25, 0.3) is 10.0 Å². The summed E-state index contributed by atoms with van der Waals surface area (Å²) in [5, 5.41) is 10.4. The zero-order valence-electron chi connectivity index (χ0n) is 15.7. The van der Waals surface area contributed by atoms with Gasteiger partial charge in [0.05, 0.1) is 16.7 Å². The molecule has 0 unspecified atom stereocenters. The van der Waals surface area contributed by atoms with E-state index in [0.29, 0.717) is 6.42 Å². The Labute approximate surface area is 170 Å². The first-order chi connectivity index (χ1) is 13.9. The van der Waals surface area contributed by atoms with Crippen molar-refractivity contribution in [1.29, 1.82) is 0 Å². The molecule has 0 spiro atoms. The molecule has 3 aromatic rings. The average Bonchev–Trinajstić information content (AvgIpc) is 2.72. The van der Waals surface area contributed by atoms with E-state index in [2.05, 4.69) is 4.72 Å². The van der Waals surface area contributed by atoms with E-state index in [1.165, 1.54) is 12.1 Å². The summed E-state index contributed by atoms with van der Waals surface area (Å²) in [5.74, 6) is -1.19. The second kappa shape index (κ2) is 9.21. The lowest BCUT2D eigenvalue weighted by molar-refractivity contribution is 0.0698. The van der Waals surface area contributed by atoms with Gasteiger partial charge in [-0.05, 0) is 47.7 Å². The summed E-state index contributed by atoms with van der Waals surface area (Å²) >= 11 is 0. The average molecular weight is 407 g/mol. The van der Waals surface area contributed by atoms with Crippen LogP contribution in [0, 0.1) is 0 Å². The number of hydrogen-bond donors (Lipinski definition) is 2. The van der Waals surface area contributed by atoms with Gasteiger partial charge in [-0.2, -0.15) is 0 Å². The highest BCUT2D eigenvalue weighted by atomic mass is 32.2. The number of aryl methyl sites for hydroxylation is 2. The van der Waals surface area contributed by atoms with Gasteiger partial charge in [0.1, 0.15) is 0 Å². The SMILES string of the molecule is O=C(O)c1ccc(CCc2ccccc2)cc1NS(=O)(=O)/C=C/c1ccccc1. The second-order valence-electron chi connectivity index (χ2n) is 6.53. The van der Waals surface area contributed by atoms with Crippen LogP contribution in [0.3, 0.4) is 0 Å². The molecule has 3 rings (SSSR count). The maximum atomic E-state index is 12.4. The van der Waals surface area contributed by atoms with Crippen LogP contribution in [-0.4, -0.2) is 19.5 Å². The molecule has 0 saturated carbocycles. The number of sulfonamides is 1. The third kappa shape index (κ3) is 6.05. The summed E-state index contributed by atoms with van der Waals surface area (Å²) in [6.45, 7) is 0. The zero-order chi connectivity index (χ0) is 20.7. The number of rotatable bonds is 8. The van der Waals surface area contributed by atoms with Crippen molar-refractivity contribution >= 4 is 27.8 Å². The first-order valence-electron chi connectivity index (χ1n) is 9.09. The Bertz CT molecular complexity index is 1110. The van der Waals surface area contributed by atoms with Crippen LogP contribution in [0.25, 0.3) is 6.08 Å². The monoisotopic (exact) mass is 407 g/mol. The molecule has 0 fully saturated rings. The Morgan fingerprint density at radius 2 is 1.48 bits per heavy atom. The van der Waals surface area contributed by atoms with Crippen molar-refractivity contribution in [3.05, 3.63) is 107 Å². The third-order valence-corrected chi connectivity index (χ3v) is 5.35. The molecule has 148 valence electrons. The Balaban J connectivity index is 1.80. The molecule has 0 bridgehead atoms. The van der Waals surface area contributed by atoms with Crippen LogP contribution < -0.4 is 4.72 Å². The Hall–Kier alpha value is -3.38. The van der Waals surface area contributed by atoms with E-state index in [1.54, 1.807) is 36.4 Å². The molecule has 0 aliphatic carbocycles. The fourth-order valence-electron chi connectivity index (χ4n) is 2.87. The van der Waals surface area contributed by atoms with Crippen molar-refractivity contribution in [2.45, 2.75) is 12.8 Å². The van der Waals surface area contributed by atoms with Crippen LogP contribution in [0.1, 0.15) is 27.0 Å². The smallest absolute Gasteiger partial charge is 0.337 e. The van der Waals surface area contributed by atoms with Gasteiger partial charge in [0.2, 0.25) is 0 Å². The van der Waals surface area contributed by atoms with Gasteiger partial charge < -0.3 is 5.11 Å².